The van der Waals surface area contributed by atoms with E-state index in [0.717, 1.165) is 0 Å². The first kappa shape index (κ1) is 18.7. The van der Waals surface area contributed by atoms with E-state index in [-0.39, 0.29) is 11.4 Å². The van der Waals surface area contributed by atoms with E-state index in [4.69, 9.17) is 13.9 Å². The van der Waals surface area contributed by atoms with Crippen LogP contribution >= 0.6 is 0 Å². The monoisotopic (exact) mass is 366 g/mol. The smallest absolute Gasteiger partial charge is 0.316 e. The average molecular weight is 366 g/mol. The lowest BCUT2D eigenvalue weighted by Gasteiger charge is -2.16. The molecular weight excluding hydrogens is 344 g/mol. The summed E-state index contributed by atoms with van der Waals surface area (Å²) >= 11 is 0. The van der Waals surface area contributed by atoms with Crippen molar-refractivity contribution >= 4 is 16.9 Å². The van der Waals surface area contributed by atoms with E-state index in [9.17, 15) is 9.59 Å². The van der Waals surface area contributed by atoms with E-state index in [0.29, 0.717) is 39.4 Å². The third-order valence-corrected chi connectivity index (χ3v) is 4.24. The van der Waals surface area contributed by atoms with Crippen molar-refractivity contribution in [2.24, 2.45) is 5.41 Å². The maximum Gasteiger partial charge on any atom is 0.316 e. The van der Waals surface area contributed by atoms with Crippen LogP contribution in [-0.4, -0.2) is 13.1 Å². The van der Waals surface area contributed by atoms with Gasteiger partial charge in [-0.05, 0) is 45.9 Å². The highest BCUT2D eigenvalue weighted by Gasteiger charge is 2.24. The largest absolute Gasteiger partial charge is 0.496 e. The molecule has 0 amide bonds. The molecule has 2 aromatic carbocycles. The molecule has 0 radical (unpaired) electrons. The second-order valence-corrected chi connectivity index (χ2v) is 7.36. The number of hydrogen-bond acceptors (Lipinski definition) is 5. The SMILES string of the molecule is COc1ccccc1-c1c(C)oc2cc(OC(=O)C(C)(C)C)ccc2c1=O. The Kier molecular flexibility index (Phi) is 4.79. The molecule has 3 rings (SSSR count). The van der Waals surface area contributed by atoms with Gasteiger partial charge in [0.15, 0.2) is 0 Å². The van der Waals surface area contributed by atoms with Gasteiger partial charge in [0.25, 0.3) is 0 Å². The molecular formula is C22H22O5. The summed E-state index contributed by atoms with van der Waals surface area (Å²) in [5.41, 5.74) is 0.720. The Morgan fingerprint density at radius 2 is 1.78 bits per heavy atom. The quantitative estimate of drug-likeness (QED) is 0.495. The first-order valence-electron chi connectivity index (χ1n) is 8.65. The summed E-state index contributed by atoms with van der Waals surface area (Å²) in [7, 11) is 1.56. The molecule has 1 aromatic heterocycles. The van der Waals surface area contributed by atoms with E-state index in [1.54, 1.807) is 59.1 Å². The van der Waals surface area contributed by atoms with Crippen molar-refractivity contribution in [1.29, 1.82) is 0 Å². The van der Waals surface area contributed by atoms with E-state index in [1.165, 1.54) is 0 Å². The number of rotatable bonds is 3. The van der Waals surface area contributed by atoms with Gasteiger partial charge in [-0.25, -0.2) is 0 Å². The Labute approximate surface area is 157 Å². The highest BCUT2D eigenvalue weighted by molar-refractivity contribution is 5.86. The Bertz CT molecular complexity index is 1070. The molecule has 0 saturated heterocycles. The summed E-state index contributed by atoms with van der Waals surface area (Å²) in [5, 5.41) is 0.414. The maximum absolute atomic E-state index is 13.1. The minimum atomic E-state index is -0.626. The number of fused-ring (bicyclic) bond motifs is 1. The second kappa shape index (κ2) is 6.91. The van der Waals surface area contributed by atoms with Gasteiger partial charge in [-0.15, -0.1) is 0 Å². The highest BCUT2D eigenvalue weighted by Crippen LogP contribution is 2.32. The molecule has 0 spiro atoms. The lowest BCUT2D eigenvalue weighted by atomic mass is 9.97. The van der Waals surface area contributed by atoms with Gasteiger partial charge in [-0.2, -0.15) is 0 Å². The van der Waals surface area contributed by atoms with Crippen LogP contribution in [0, 0.1) is 12.3 Å². The minimum Gasteiger partial charge on any atom is -0.496 e. The van der Waals surface area contributed by atoms with E-state index >= 15 is 0 Å². The standard InChI is InChI=1S/C22H22O5/c1-13-19(15-8-6-7-9-17(15)25-5)20(23)16-11-10-14(12-18(16)26-13)27-21(24)22(2,3)4/h6-12H,1-5H3. The van der Waals surface area contributed by atoms with Crippen LogP contribution in [0.25, 0.3) is 22.1 Å². The Morgan fingerprint density at radius 1 is 1.07 bits per heavy atom. The molecule has 140 valence electrons. The molecule has 27 heavy (non-hydrogen) atoms. The van der Waals surface area contributed by atoms with Gasteiger partial charge in [0, 0.05) is 11.6 Å². The van der Waals surface area contributed by atoms with Gasteiger partial charge in [0.1, 0.15) is 22.8 Å². The third kappa shape index (κ3) is 3.58. The zero-order valence-electron chi connectivity index (χ0n) is 16.1. The van der Waals surface area contributed by atoms with Gasteiger partial charge in [-0.1, -0.05) is 18.2 Å². The number of hydrogen-bond donors (Lipinski definition) is 0. The van der Waals surface area contributed by atoms with Crippen LogP contribution in [0.5, 0.6) is 11.5 Å². The molecule has 3 aromatic rings. The maximum atomic E-state index is 13.1. The van der Waals surface area contributed by atoms with E-state index in [1.807, 2.05) is 18.2 Å². The first-order valence-corrected chi connectivity index (χ1v) is 8.65. The van der Waals surface area contributed by atoms with Crippen molar-refractivity contribution in [3.05, 3.63) is 58.4 Å². The summed E-state index contributed by atoms with van der Waals surface area (Å²) < 4.78 is 16.7. The predicted molar refractivity (Wildman–Crippen MR) is 104 cm³/mol. The molecule has 1 heterocycles. The van der Waals surface area contributed by atoms with Crippen molar-refractivity contribution in [3.63, 3.8) is 0 Å². The van der Waals surface area contributed by atoms with Crippen molar-refractivity contribution < 1.29 is 18.7 Å². The third-order valence-electron chi connectivity index (χ3n) is 4.24. The fourth-order valence-electron chi connectivity index (χ4n) is 2.77. The van der Waals surface area contributed by atoms with Crippen LogP contribution in [0.2, 0.25) is 0 Å². The fourth-order valence-corrected chi connectivity index (χ4v) is 2.77. The van der Waals surface area contributed by atoms with E-state index in [2.05, 4.69) is 0 Å². The zero-order valence-corrected chi connectivity index (χ0v) is 16.1. The van der Waals surface area contributed by atoms with Crippen molar-refractivity contribution in [2.75, 3.05) is 7.11 Å². The number of carbonyl (C=O) groups excluding carboxylic acids is 1. The molecule has 5 nitrogen and oxygen atoms in total. The Hall–Kier alpha value is -3.08. The van der Waals surface area contributed by atoms with Crippen molar-refractivity contribution in [1.82, 2.24) is 0 Å². The number of methoxy groups -OCH3 is 1. The van der Waals surface area contributed by atoms with Crippen LogP contribution in [0.15, 0.2) is 51.7 Å². The van der Waals surface area contributed by atoms with Gasteiger partial charge in [0.05, 0.1) is 23.5 Å². The summed E-state index contributed by atoms with van der Waals surface area (Å²) in [6.07, 6.45) is 0. The second-order valence-electron chi connectivity index (χ2n) is 7.36. The van der Waals surface area contributed by atoms with Crippen LogP contribution in [0.4, 0.5) is 0 Å². The van der Waals surface area contributed by atoms with Gasteiger partial charge in [0.2, 0.25) is 5.43 Å². The van der Waals surface area contributed by atoms with Crippen molar-refractivity contribution in [3.8, 4) is 22.6 Å². The summed E-state index contributed by atoms with van der Waals surface area (Å²) in [6.45, 7) is 7.07. The van der Waals surface area contributed by atoms with E-state index < -0.39 is 5.41 Å². The number of para-hydroxylation sites is 1. The molecule has 0 bridgehead atoms. The lowest BCUT2D eigenvalue weighted by Crippen LogP contribution is -2.25. The van der Waals surface area contributed by atoms with Crippen LogP contribution in [0.1, 0.15) is 26.5 Å². The van der Waals surface area contributed by atoms with Gasteiger partial charge >= 0.3 is 5.97 Å². The summed E-state index contributed by atoms with van der Waals surface area (Å²) in [4.78, 5) is 25.2. The summed E-state index contributed by atoms with van der Waals surface area (Å²) in [5.74, 6) is 1.06. The normalized spacial score (nSPS) is 11.4. The predicted octanol–water partition coefficient (Wildman–Crippen LogP) is 4.73. The van der Waals surface area contributed by atoms with Gasteiger partial charge < -0.3 is 13.9 Å². The Balaban J connectivity index is 2.12. The molecule has 0 fully saturated rings. The topological polar surface area (TPSA) is 65.7 Å². The number of benzene rings is 2. The number of ether oxygens (including phenoxy) is 2. The number of aryl methyl sites for hydroxylation is 1. The van der Waals surface area contributed by atoms with Crippen LogP contribution in [-0.2, 0) is 4.79 Å². The zero-order chi connectivity index (χ0) is 19.8. The number of esters is 1. The Morgan fingerprint density at radius 3 is 2.44 bits per heavy atom. The molecule has 0 aliphatic rings. The van der Waals surface area contributed by atoms with Crippen LogP contribution < -0.4 is 14.9 Å². The van der Waals surface area contributed by atoms with Gasteiger partial charge in [-0.3, -0.25) is 9.59 Å². The minimum absolute atomic E-state index is 0.160. The molecule has 5 heteroatoms. The molecule has 0 saturated carbocycles. The van der Waals surface area contributed by atoms with Crippen molar-refractivity contribution in [2.45, 2.75) is 27.7 Å². The molecule has 0 atom stereocenters. The molecule has 0 unspecified atom stereocenters. The van der Waals surface area contributed by atoms with Crippen LogP contribution in [0.3, 0.4) is 0 Å². The summed E-state index contributed by atoms with van der Waals surface area (Å²) in [6, 6.07) is 12.1. The average Bonchev–Trinajstić information content (AvgIpc) is 2.61. The first-order chi connectivity index (χ1) is 12.7. The highest BCUT2D eigenvalue weighted by atomic mass is 16.5. The molecule has 0 N–H and O–H groups in total. The number of carbonyl (C=O) groups is 1. The lowest BCUT2D eigenvalue weighted by molar-refractivity contribution is -0.142. The molecule has 0 aliphatic heterocycles. The molecule has 0 aliphatic carbocycles. The fraction of sp³-hybridized carbons (Fsp3) is 0.273.